The zero-order chi connectivity index (χ0) is 22.1. The molecule has 0 bridgehead atoms. The van der Waals surface area contributed by atoms with Crippen molar-refractivity contribution >= 4 is 6.09 Å². The number of para-hydroxylation sites is 1. The number of fused-ring (bicyclic) bond motifs is 1. The summed E-state index contributed by atoms with van der Waals surface area (Å²) in [6, 6.07) is 7.96. The highest BCUT2D eigenvalue weighted by Gasteiger charge is 2.33. The molecule has 0 saturated heterocycles. The number of ether oxygens (including phenoxy) is 2. The fraction of sp³-hybridized carbons (Fsp3) is 0.455. The minimum Gasteiger partial charge on any atom is -0.493 e. The number of rotatable bonds is 3. The molecule has 1 atom stereocenters. The number of aromatic nitrogens is 1. The second-order valence-corrected chi connectivity index (χ2v) is 8.35. The van der Waals surface area contributed by atoms with Gasteiger partial charge in [-0.25, -0.2) is 4.79 Å². The lowest BCUT2D eigenvalue weighted by molar-refractivity contribution is -0.141. The number of nitrogens with zero attached hydrogens (tertiary/aromatic N) is 2. The zero-order valence-electron chi connectivity index (χ0n) is 17.4. The van der Waals surface area contributed by atoms with Crippen LogP contribution in [-0.4, -0.2) is 41.8 Å². The first-order valence-electron chi connectivity index (χ1n) is 9.69. The molecule has 3 rings (SSSR count). The molecule has 1 aromatic carbocycles. The molecule has 0 radical (unpaired) electrons. The Labute approximate surface area is 173 Å². The van der Waals surface area contributed by atoms with E-state index in [1.807, 2.05) is 6.07 Å². The molecule has 5 nitrogen and oxygen atoms in total. The largest absolute Gasteiger partial charge is 0.493 e. The molecule has 0 aliphatic carbocycles. The summed E-state index contributed by atoms with van der Waals surface area (Å²) in [4.78, 5) is 17.3. The van der Waals surface area contributed by atoms with Crippen LogP contribution in [0.5, 0.6) is 5.75 Å². The van der Waals surface area contributed by atoms with Crippen LogP contribution in [0.2, 0.25) is 0 Å². The van der Waals surface area contributed by atoms with E-state index in [-0.39, 0.29) is 5.92 Å². The molecule has 1 aromatic heterocycles. The van der Waals surface area contributed by atoms with Gasteiger partial charge in [-0.3, -0.25) is 4.98 Å². The number of carbonyl (C=O) groups is 1. The van der Waals surface area contributed by atoms with Crippen molar-refractivity contribution in [1.29, 1.82) is 0 Å². The van der Waals surface area contributed by atoms with E-state index in [4.69, 9.17) is 9.47 Å². The number of benzene rings is 1. The van der Waals surface area contributed by atoms with Crippen LogP contribution in [0.4, 0.5) is 18.0 Å². The quantitative estimate of drug-likeness (QED) is 0.655. The maximum absolute atomic E-state index is 13.1. The van der Waals surface area contributed by atoms with Crippen LogP contribution in [0.25, 0.3) is 11.1 Å². The van der Waals surface area contributed by atoms with Crippen molar-refractivity contribution in [2.45, 2.75) is 44.9 Å². The molecular weight excluding hydrogens is 397 g/mol. The first kappa shape index (κ1) is 21.9. The van der Waals surface area contributed by atoms with Gasteiger partial charge in [-0.15, -0.1) is 0 Å². The van der Waals surface area contributed by atoms with E-state index in [0.717, 1.165) is 17.8 Å². The van der Waals surface area contributed by atoms with E-state index in [1.54, 1.807) is 40.0 Å². The molecule has 2 heterocycles. The lowest BCUT2D eigenvalue weighted by Gasteiger charge is -2.31. The standard InChI is InChI=1S/C22H25F3N2O3/c1-21(2,3)30-20(28)27(4)13-15-9-11-29-19-16(6-5-7-17(15)19)14-8-10-26-18(12-14)22(23,24)25/h5-8,10,12,15H,9,11,13H2,1-4H3. The van der Waals surface area contributed by atoms with Gasteiger partial charge in [0, 0.05) is 31.3 Å². The number of likely N-dealkylation sites (N-methyl/N-ethyl adjacent to an activating group) is 1. The van der Waals surface area contributed by atoms with Crippen molar-refractivity contribution in [2.24, 2.45) is 0 Å². The molecule has 1 aliphatic rings. The fourth-order valence-electron chi connectivity index (χ4n) is 3.41. The Morgan fingerprint density at radius 2 is 2.00 bits per heavy atom. The van der Waals surface area contributed by atoms with Crippen LogP contribution < -0.4 is 4.74 Å². The summed E-state index contributed by atoms with van der Waals surface area (Å²) < 4.78 is 50.5. The summed E-state index contributed by atoms with van der Waals surface area (Å²) in [7, 11) is 1.67. The molecule has 1 unspecified atom stereocenters. The monoisotopic (exact) mass is 422 g/mol. The van der Waals surface area contributed by atoms with Crippen molar-refractivity contribution in [3.63, 3.8) is 0 Å². The van der Waals surface area contributed by atoms with Gasteiger partial charge in [-0.05, 0) is 50.5 Å². The number of pyridine rings is 1. The summed E-state index contributed by atoms with van der Waals surface area (Å²) >= 11 is 0. The SMILES string of the molecule is CN(CC1CCOc2c(-c3ccnc(C(F)(F)F)c3)cccc21)C(=O)OC(C)(C)C. The lowest BCUT2D eigenvalue weighted by Crippen LogP contribution is -2.37. The number of alkyl halides is 3. The molecule has 1 aliphatic heterocycles. The number of carbonyl (C=O) groups excluding carboxylic acids is 1. The minimum atomic E-state index is -4.52. The smallest absolute Gasteiger partial charge is 0.433 e. The fourth-order valence-corrected chi connectivity index (χ4v) is 3.41. The third-order valence-electron chi connectivity index (χ3n) is 4.76. The van der Waals surface area contributed by atoms with Crippen LogP contribution >= 0.6 is 0 Å². The van der Waals surface area contributed by atoms with Crippen LogP contribution in [0.3, 0.4) is 0 Å². The van der Waals surface area contributed by atoms with Crippen molar-refractivity contribution in [3.8, 4) is 16.9 Å². The molecule has 8 heteroatoms. The van der Waals surface area contributed by atoms with Crippen LogP contribution in [0.15, 0.2) is 36.5 Å². The topological polar surface area (TPSA) is 51.7 Å². The highest BCUT2D eigenvalue weighted by Crippen LogP contribution is 2.42. The summed E-state index contributed by atoms with van der Waals surface area (Å²) in [6.45, 7) is 6.24. The molecule has 0 saturated carbocycles. The third kappa shape index (κ3) is 5.04. The molecule has 30 heavy (non-hydrogen) atoms. The van der Waals surface area contributed by atoms with Gasteiger partial charge < -0.3 is 14.4 Å². The Balaban J connectivity index is 1.89. The van der Waals surface area contributed by atoms with Crippen molar-refractivity contribution in [3.05, 3.63) is 47.8 Å². The van der Waals surface area contributed by atoms with Crippen LogP contribution in [0, 0.1) is 0 Å². The third-order valence-corrected chi connectivity index (χ3v) is 4.76. The Bertz CT molecular complexity index is 923. The molecule has 0 fully saturated rings. The minimum absolute atomic E-state index is 0.0184. The normalized spacial score (nSPS) is 16.4. The Hall–Kier alpha value is -2.77. The summed E-state index contributed by atoms with van der Waals surface area (Å²) in [5.41, 5.74) is 0.276. The summed E-state index contributed by atoms with van der Waals surface area (Å²) in [5.74, 6) is 0.529. The van der Waals surface area contributed by atoms with E-state index in [2.05, 4.69) is 4.98 Å². The highest BCUT2D eigenvalue weighted by atomic mass is 19.4. The number of hydrogen-bond acceptors (Lipinski definition) is 4. The van der Waals surface area contributed by atoms with Crippen molar-refractivity contribution < 1.29 is 27.4 Å². The van der Waals surface area contributed by atoms with Gasteiger partial charge in [-0.1, -0.05) is 18.2 Å². The van der Waals surface area contributed by atoms with Gasteiger partial charge in [0.1, 0.15) is 17.0 Å². The lowest BCUT2D eigenvalue weighted by atomic mass is 9.89. The summed E-state index contributed by atoms with van der Waals surface area (Å²) in [5, 5.41) is 0. The van der Waals surface area contributed by atoms with Crippen molar-refractivity contribution in [1.82, 2.24) is 9.88 Å². The van der Waals surface area contributed by atoms with Gasteiger partial charge in [0.2, 0.25) is 0 Å². The van der Waals surface area contributed by atoms with Gasteiger partial charge in [-0.2, -0.15) is 13.2 Å². The van der Waals surface area contributed by atoms with Gasteiger partial charge in [0.15, 0.2) is 0 Å². The second-order valence-electron chi connectivity index (χ2n) is 8.35. The van der Waals surface area contributed by atoms with Gasteiger partial charge in [0.25, 0.3) is 0 Å². The summed E-state index contributed by atoms with van der Waals surface area (Å²) in [6.07, 6.45) is -3.11. The molecule has 2 aromatic rings. The molecular formula is C22H25F3N2O3. The Kier molecular flexibility index (Phi) is 5.97. The van der Waals surface area contributed by atoms with E-state index in [0.29, 0.717) is 36.4 Å². The average Bonchev–Trinajstić information content (AvgIpc) is 2.66. The molecule has 0 N–H and O–H groups in total. The van der Waals surface area contributed by atoms with E-state index in [1.165, 1.54) is 11.0 Å². The van der Waals surface area contributed by atoms with E-state index < -0.39 is 23.6 Å². The Morgan fingerprint density at radius 1 is 1.27 bits per heavy atom. The van der Waals surface area contributed by atoms with Crippen LogP contribution in [0.1, 0.15) is 44.4 Å². The number of halogens is 3. The maximum atomic E-state index is 13.1. The van der Waals surface area contributed by atoms with Gasteiger partial charge >= 0.3 is 12.3 Å². The first-order chi connectivity index (χ1) is 14.0. The van der Waals surface area contributed by atoms with E-state index >= 15 is 0 Å². The molecule has 162 valence electrons. The number of amides is 1. The zero-order valence-corrected chi connectivity index (χ0v) is 17.4. The molecule has 1 amide bonds. The Morgan fingerprint density at radius 3 is 2.67 bits per heavy atom. The predicted molar refractivity (Wildman–Crippen MR) is 106 cm³/mol. The molecule has 0 spiro atoms. The van der Waals surface area contributed by atoms with E-state index in [9.17, 15) is 18.0 Å². The average molecular weight is 422 g/mol. The second kappa shape index (κ2) is 8.16. The first-order valence-corrected chi connectivity index (χ1v) is 9.69. The predicted octanol–water partition coefficient (Wildman–Crippen LogP) is 5.50. The van der Waals surface area contributed by atoms with Crippen LogP contribution in [-0.2, 0) is 10.9 Å². The van der Waals surface area contributed by atoms with Gasteiger partial charge in [0.05, 0.1) is 6.61 Å². The number of hydrogen-bond donors (Lipinski definition) is 0. The highest BCUT2D eigenvalue weighted by molar-refractivity contribution is 5.73. The maximum Gasteiger partial charge on any atom is 0.433 e. The van der Waals surface area contributed by atoms with Crippen molar-refractivity contribution in [2.75, 3.05) is 20.2 Å².